The average Bonchev–Trinajstić information content (AvgIpc) is 2.75. The Morgan fingerprint density at radius 1 is 1.12 bits per heavy atom. The maximum absolute atomic E-state index is 6.14. The van der Waals surface area contributed by atoms with E-state index in [1.165, 1.54) is 0 Å². The molecule has 3 nitrogen and oxygen atoms in total. The smallest absolute Gasteiger partial charge is 0.225 e. The van der Waals surface area contributed by atoms with Gasteiger partial charge in [0.25, 0.3) is 0 Å². The van der Waals surface area contributed by atoms with E-state index in [2.05, 4.69) is 24.0 Å². The molecule has 0 fully saturated rings. The van der Waals surface area contributed by atoms with Crippen molar-refractivity contribution in [2.24, 2.45) is 0 Å². The fourth-order valence-corrected chi connectivity index (χ4v) is 2.29. The van der Waals surface area contributed by atoms with Crippen LogP contribution in [0.1, 0.15) is 32.7 Å². The summed E-state index contributed by atoms with van der Waals surface area (Å²) >= 11 is 6.14. The zero-order valence-corrected chi connectivity index (χ0v) is 10.9. The summed E-state index contributed by atoms with van der Waals surface area (Å²) in [4.78, 5) is 0. The minimum absolute atomic E-state index is 0.354. The maximum atomic E-state index is 6.14. The highest BCUT2D eigenvalue weighted by Gasteiger charge is 2.17. The van der Waals surface area contributed by atoms with Crippen molar-refractivity contribution < 1.29 is 0 Å². The molecule has 0 aliphatic heterocycles. The van der Waals surface area contributed by atoms with Crippen molar-refractivity contribution in [3.63, 3.8) is 0 Å². The Hall–Kier alpha value is -1.35. The highest BCUT2D eigenvalue weighted by atomic mass is 35.5. The predicted molar refractivity (Wildman–Crippen MR) is 70.1 cm³/mol. The van der Waals surface area contributed by atoms with Gasteiger partial charge < -0.3 is 0 Å². The van der Waals surface area contributed by atoms with Gasteiger partial charge in [0.1, 0.15) is 0 Å². The Balaban J connectivity index is 2.49. The Bertz CT molecular complexity index is 475. The van der Waals surface area contributed by atoms with E-state index in [9.17, 15) is 0 Å². The summed E-state index contributed by atoms with van der Waals surface area (Å²) in [6.45, 7) is 4.30. The van der Waals surface area contributed by atoms with E-state index in [0.717, 1.165) is 24.2 Å². The van der Waals surface area contributed by atoms with Crippen molar-refractivity contribution in [3.05, 3.63) is 35.6 Å². The van der Waals surface area contributed by atoms with Gasteiger partial charge in [0.2, 0.25) is 5.28 Å². The van der Waals surface area contributed by atoms with Gasteiger partial charge in [0.15, 0.2) is 5.82 Å². The minimum Gasteiger partial charge on any atom is -0.295 e. The van der Waals surface area contributed by atoms with Crippen LogP contribution >= 0.6 is 11.6 Å². The van der Waals surface area contributed by atoms with E-state index in [1.54, 1.807) is 0 Å². The molecule has 17 heavy (non-hydrogen) atoms. The Kier molecular flexibility index (Phi) is 3.79. The number of benzene rings is 1. The third-order valence-electron chi connectivity index (χ3n) is 2.99. The lowest BCUT2D eigenvalue weighted by atomic mass is 10.1. The molecular formula is C13H16ClN3. The summed E-state index contributed by atoms with van der Waals surface area (Å²) in [5.41, 5.74) is 1.05. The van der Waals surface area contributed by atoms with Crippen molar-refractivity contribution in [3.8, 4) is 11.4 Å². The van der Waals surface area contributed by atoms with Crippen LogP contribution in [-0.2, 0) is 0 Å². The molecule has 2 rings (SSSR count). The molecular weight excluding hydrogens is 234 g/mol. The van der Waals surface area contributed by atoms with Gasteiger partial charge >= 0.3 is 0 Å². The highest BCUT2D eigenvalue weighted by molar-refractivity contribution is 6.28. The molecule has 1 aromatic heterocycles. The van der Waals surface area contributed by atoms with Gasteiger partial charge in [-0.05, 0) is 24.4 Å². The molecule has 4 heteroatoms. The molecule has 0 saturated heterocycles. The Morgan fingerprint density at radius 3 is 2.35 bits per heavy atom. The summed E-state index contributed by atoms with van der Waals surface area (Å²) in [5.74, 6) is 0.851. The second-order valence-electron chi connectivity index (χ2n) is 4.00. The van der Waals surface area contributed by atoms with Crippen LogP contribution in [0.2, 0.25) is 5.28 Å². The van der Waals surface area contributed by atoms with E-state index in [1.807, 2.05) is 34.9 Å². The summed E-state index contributed by atoms with van der Waals surface area (Å²) in [7, 11) is 0. The molecule has 0 N–H and O–H groups in total. The topological polar surface area (TPSA) is 30.7 Å². The van der Waals surface area contributed by atoms with Crippen LogP contribution in [0.3, 0.4) is 0 Å². The van der Waals surface area contributed by atoms with E-state index in [0.29, 0.717) is 11.3 Å². The van der Waals surface area contributed by atoms with E-state index in [4.69, 9.17) is 11.6 Å². The van der Waals surface area contributed by atoms with E-state index < -0.39 is 0 Å². The summed E-state index contributed by atoms with van der Waals surface area (Å²) < 4.78 is 2.02. The zero-order chi connectivity index (χ0) is 12.3. The molecule has 0 bridgehead atoms. The molecule has 0 atom stereocenters. The quantitative estimate of drug-likeness (QED) is 0.821. The van der Waals surface area contributed by atoms with Crippen LogP contribution in [0.5, 0.6) is 0 Å². The number of aromatic nitrogens is 3. The third-order valence-corrected chi connectivity index (χ3v) is 3.25. The molecule has 0 spiro atoms. The molecule has 1 aromatic carbocycles. The molecule has 0 unspecified atom stereocenters. The van der Waals surface area contributed by atoms with Gasteiger partial charge in [0.05, 0.1) is 0 Å². The van der Waals surface area contributed by atoms with Crippen molar-refractivity contribution in [2.75, 3.05) is 0 Å². The molecule has 0 aliphatic carbocycles. The Labute approximate surface area is 106 Å². The molecule has 0 amide bonds. The van der Waals surface area contributed by atoms with Crippen LogP contribution in [0, 0.1) is 0 Å². The minimum atomic E-state index is 0.354. The zero-order valence-electron chi connectivity index (χ0n) is 10.1. The van der Waals surface area contributed by atoms with Gasteiger partial charge in [-0.1, -0.05) is 44.2 Å². The first kappa shape index (κ1) is 12.1. The summed E-state index contributed by atoms with van der Waals surface area (Å²) in [5, 5.41) is 8.64. The predicted octanol–water partition coefficient (Wildman–Crippen LogP) is 3.96. The van der Waals surface area contributed by atoms with Gasteiger partial charge in [0, 0.05) is 11.6 Å². The molecule has 0 radical (unpaired) electrons. The monoisotopic (exact) mass is 249 g/mol. The van der Waals surface area contributed by atoms with E-state index in [-0.39, 0.29) is 0 Å². The molecule has 90 valence electrons. The number of nitrogens with zero attached hydrogens (tertiary/aromatic N) is 3. The molecule has 1 heterocycles. The normalized spacial score (nSPS) is 11.1. The Morgan fingerprint density at radius 2 is 1.76 bits per heavy atom. The first-order valence-electron chi connectivity index (χ1n) is 5.93. The van der Waals surface area contributed by atoms with Crippen LogP contribution in [0.4, 0.5) is 0 Å². The van der Waals surface area contributed by atoms with Crippen molar-refractivity contribution >= 4 is 11.6 Å². The maximum Gasteiger partial charge on any atom is 0.225 e. The number of hydrogen-bond acceptors (Lipinski definition) is 2. The fraction of sp³-hybridized carbons (Fsp3) is 0.385. The lowest BCUT2D eigenvalue weighted by molar-refractivity contribution is 0.475. The van der Waals surface area contributed by atoms with Crippen molar-refractivity contribution in [1.29, 1.82) is 0 Å². The van der Waals surface area contributed by atoms with Gasteiger partial charge in [-0.3, -0.25) is 4.57 Å². The van der Waals surface area contributed by atoms with Gasteiger partial charge in [-0.15, -0.1) is 10.2 Å². The number of rotatable bonds is 4. The van der Waals surface area contributed by atoms with Gasteiger partial charge in [-0.2, -0.15) is 0 Å². The molecule has 0 saturated carbocycles. The second-order valence-corrected chi connectivity index (χ2v) is 4.34. The molecule has 0 aliphatic rings. The van der Waals surface area contributed by atoms with Crippen molar-refractivity contribution in [2.45, 2.75) is 32.7 Å². The van der Waals surface area contributed by atoms with Crippen LogP contribution in [0.15, 0.2) is 30.3 Å². The van der Waals surface area contributed by atoms with Crippen LogP contribution in [-0.4, -0.2) is 14.8 Å². The summed E-state index contributed by atoms with van der Waals surface area (Å²) in [6, 6.07) is 10.4. The van der Waals surface area contributed by atoms with Crippen molar-refractivity contribution in [1.82, 2.24) is 14.8 Å². The van der Waals surface area contributed by atoms with E-state index >= 15 is 0 Å². The highest BCUT2D eigenvalue weighted by Crippen LogP contribution is 2.27. The fourth-order valence-electron chi connectivity index (χ4n) is 2.03. The SMILES string of the molecule is CCC(CC)n1c(Cl)nnc1-c1ccccc1. The first-order chi connectivity index (χ1) is 8.27. The second kappa shape index (κ2) is 5.32. The van der Waals surface area contributed by atoms with Crippen LogP contribution in [0.25, 0.3) is 11.4 Å². The van der Waals surface area contributed by atoms with Crippen LogP contribution < -0.4 is 0 Å². The average molecular weight is 250 g/mol. The largest absolute Gasteiger partial charge is 0.295 e. The number of halogens is 1. The standard InChI is InChI=1S/C13H16ClN3/c1-3-11(4-2)17-12(15-16-13(17)14)10-8-6-5-7-9-10/h5-9,11H,3-4H2,1-2H3. The lowest BCUT2D eigenvalue weighted by Gasteiger charge is -2.17. The number of hydrogen-bond donors (Lipinski definition) is 0. The van der Waals surface area contributed by atoms with Gasteiger partial charge in [-0.25, -0.2) is 0 Å². The lowest BCUT2D eigenvalue weighted by Crippen LogP contribution is -2.09. The first-order valence-corrected chi connectivity index (χ1v) is 6.31. The third kappa shape index (κ3) is 2.34. The summed E-state index contributed by atoms with van der Waals surface area (Å²) in [6.07, 6.45) is 2.04. The molecule has 2 aromatic rings.